The second-order valence-electron chi connectivity index (χ2n) is 4.55. The molecule has 1 aliphatic carbocycles. The molecule has 1 saturated carbocycles. The van der Waals surface area contributed by atoms with E-state index in [1.807, 2.05) is 13.8 Å². The monoisotopic (exact) mass is 209 g/mol. The second-order valence-corrected chi connectivity index (χ2v) is 4.55. The van der Waals surface area contributed by atoms with E-state index in [2.05, 4.69) is 11.2 Å². The molecule has 0 aromatic heterocycles. The fourth-order valence-electron chi connectivity index (χ4n) is 1.51. The molecule has 2 N–H and O–H groups in total. The highest BCUT2D eigenvalue weighted by Crippen LogP contribution is 2.51. The van der Waals surface area contributed by atoms with Gasteiger partial charge in [0.05, 0.1) is 0 Å². The maximum Gasteiger partial charge on any atom is 0.327 e. The van der Waals surface area contributed by atoms with Crippen LogP contribution in [-0.4, -0.2) is 23.0 Å². The Bertz CT molecular complexity index is 327. The zero-order valence-electron chi connectivity index (χ0n) is 8.91. The Labute approximate surface area is 89.0 Å². The average Bonchev–Trinajstić information content (AvgIpc) is 2.74. The summed E-state index contributed by atoms with van der Waals surface area (Å²) in [5, 5.41) is 11.2. The predicted molar refractivity (Wildman–Crippen MR) is 54.9 cm³/mol. The zero-order chi connectivity index (χ0) is 11.6. The fraction of sp³-hybridized carbons (Fsp3) is 0.636. The van der Waals surface area contributed by atoms with Gasteiger partial charge in [-0.2, -0.15) is 0 Å². The molecular weight excluding hydrogens is 194 g/mol. The van der Waals surface area contributed by atoms with Gasteiger partial charge >= 0.3 is 5.97 Å². The number of carboxylic acid groups (broad SMARTS) is 1. The van der Waals surface area contributed by atoms with Crippen molar-refractivity contribution in [3.8, 4) is 12.3 Å². The molecule has 4 heteroatoms. The Morgan fingerprint density at radius 2 is 2.20 bits per heavy atom. The first-order valence-electron chi connectivity index (χ1n) is 4.85. The zero-order valence-corrected chi connectivity index (χ0v) is 8.91. The van der Waals surface area contributed by atoms with E-state index in [-0.39, 0.29) is 23.7 Å². The van der Waals surface area contributed by atoms with Crippen LogP contribution in [-0.2, 0) is 9.59 Å². The summed E-state index contributed by atoms with van der Waals surface area (Å²) in [7, 11) is 0. The molecule has 2 atom stereocenters. The van der Waals surface area contributed by atoms with E-state index in [9.17, 15) is 9.59 Å². The third-order valence-electron chi connectivity index (χ3n) is 2.77. The van der Waals surface area contributed by atoms with Crippen LogP contribution in [0.4, 0.5) is 0 Å². The summed E-state index contributed by atoms with van der Waals surface area (Å²) in [5.41, 5.74) is 0.00325. The number of carbonyl (C=O) groups is 2. The number of carbonyl (C=O) groups excluding carboxylic acids is 1. The summed E-state index contributed by atoms with van der Waals surface area (Å²) in [6.07, 6.45) is 5.85. The van der Waals surface area contributed by atoms with Crippen molar-refractivity contribution in [1.29, 1.82) is 0 Å². The molecular formula is C11H15NO3. The van der Waals surface area contributed by atoms with Crippen LogP contribution in [0.3, 0.4) is 0 Å². The summed E-state index contributed by atoms with van der Waals surface area (Å²) < 4.78 is 0. The lowest BCUT2D eigenvalue weighted by Gasteiger charge is -2.12. The minimum atomic E-state index is -1.08. The van der Waals surface area contributed by atoms with Gasteiger partial charge in [-0.3, -0.25) is 4.79 Å². The largest absolute Gasteiger partial charge is 0.480 e. The number of terminal acetylenes is 1. The van der Waals surface area contributed by atoms with Crippen molar-refractivity contribution >= 4 is 11.9 Å². The molecule has 0 aromatic rings. The van der Waals surface area contributed by atoms with Crippen LogP contribution < -0.4 is 5.32 Å². The minimum Gasteiger partial charge on any atom is -0.480 e. The Morgan fingerprint density at radius 3 is 2.53 bits per heavy atom. The first-order chi connectivity index (χ1) is 6.88. The van der Waals surface area contributed by atoms with Crippen molar-refractivity contribution in [2.24, 2.45) is 11.3 Å². The van der Waals surface area contributed by atoms with Crippen molar-refractivity contribution in [3.05, 3.63) is 0 Å². The molecule has 0 spiro atoms. The lowest BCUT2D eigenvalue weighted by Crippen LogP contribution is -2.41. The van der Waals surface area contributed by atoms with Gasteiger partial charge in [0.1, 0.15) is 6.04 Å². The highest BCUT2D eigenvalue weighted by Gasteiger charge is 2.51. The normalized spacial score (nSPS) is 23.7. The molecule has 1 aliphatic rings. The van der Waals surface area contributed by atoms with E-state index >= 15 is 0 Å². The quantitative estimate of drug-likeness (QED) is 0.667. The molecule has 0 bridgehead atoms. The van der Waals surface area contributed by atoms with Crippen LogP contribution in [0.2, 0.25) is 0 Å². The molecule has 1 amide bonds. The first-order valence-corrected chi connectivity index (χ1v) is 4.85. The molecule has 15 heavy (non-hydrogen) atoms. The maximum atomic E-state index is 11.6. The van der Waals surface area contributed by atoms with Crippen LogP contribution in [0, 0.1) is 23.7 Å². The lowest BCUT2D eigenvalue weighted by atomic mass is 10.1. The van der Waals surface area contributed by atoms with Crippen molar-refractivity contribution in [3.63, 3.8) is 0 Å². The standard InChI is InChI=1S/C11H15NO3/c1-4-5-8(10(14)15)12-9(13)7-6-11(7,2)3/h1,7-8H,5-6H2,2-3H3,(H,12,13)(H,14,15). The van der Waals surface area contributed by atoms with Crippen LogP contribution >= 0.6 is 0 Å². The van der Waals surface area contributed by atoms with Crippen molar-refractivity contribution < 1.29 is 14.7 Å². The maximum absolute atomic E-state index is 11.6. The van der Waals surface area contributed by atoms with Crippen LogP contribution in [0.1, 0.15) is 26.7 Å². The fourth-order valence-corrected chi connectivity index (χ4v) is 1.51. The molecule has 0 saturated heterocycles. The van der Waals surface area contributed by atoms with Gasteiger partial charge in [-0.05, 0) is 11.8 Å². The smallest absolute Gasteiger partial charge is 0.327 e. The van der Waals surface area contributed by atoms with Gasteiger partial charge in [-0.25, -0.2) is 4.79 Å². The van der Waals surface area contributed by atoms with Gasteiger partial charge in [0, 0.05) is 12.3 Å². The Kier molecular flexibility index (Phi) is 3.04. The Morgan fingerprint density at radius 1 is 1.67 bits per heavy atom. The highest BCUT2D eigenvalue weighted by molar-refractivity contribution is 5.87. The second kappa shape index (κ2) is 3.93. The predicted octanol–water partition coefficient (Wildman–Crippen LogP) is 0.625. The summed E-state index contributed by atoms with van der Waals surface area (Å²) >= 11 is 0. The van der Waals surface area contributed by atoms with Crippen molar-refractivity contribution in [2.45, 2.75) is 32.7 Å². The number of hydrogen-bond acceptors (Lipinski definition) is 2. The molecule has 1 rings (SSSR count). The molecule has 4 nitrogen and oxygen atoms in total. The Balaban J connectivity index is 2.50. The van der Waals surface area contributed by atoms with E-state index in [1.165, 1.54) is 0 Å². The summed E-state index contributed by atoms with van der Waals surface area (Å²) in [6.45, 7) is 3.96. The lowest BCUT2D eigenvalue weighted by molar-refractivity contribution is -0.142. The van der Waals surface area contributed by atoms with Gasteiger partial charge in [0.25, 0.3) is 0 Å². The number of aliphatic carboxylic acids is 1. The highest BCUT2D eigenvalue weighted by atomic mass is 16.4. The summed E-state index contributed by atoms with van der Waals surface area (Å²) in [4.78, 5) is 22.3. The molecule has 0 aromatic carbocycles. The van der Waals surface area contributed by atoms with E-state index in [4.69, 9.17) is 11.5 Å². The number of amides is 1. The van der Waals surface area contributed by atoms with E-state index in [1.54, 1.807) is 0 Å². The van der Waals surface area contributed by atoms with Gasteiger partial charge in [0.2, 0.25) is 5.91 Å². The SMILES string of the molecule is C#CCC(NC(=O)C1CC1(C)C)C(=O)O. The molecule has 0 aliphatic heterocycles. The molecule has 1 fully saturated rings. The third-order valence-corrected chi connectivity index (χ3v) is 2.77. The average molecular weight is 209 g/mol. The van der Waals surface area contributed by atoms with Crippen molar-refractivity contribution in [2.75, 3.05) is 0 Å². The molecule has 82 valence electrons. The topological polar surface area (TPSA) is 66.4 Å². The number of hydrogen-bond donors (Lipinski definition) is 2. The molecule has 2 unspecified atom stereocenters. The molecule has 0 radical (unpaired) electrons. The Hall–Kier alpha value is -1.50. The van der Waals surface area contributed by atoms with E-state index < -0.39 is 12.0 Å². The van der Waals surface area contributed by atoms with Gasteiger partial charge in [-0.1, -0.05) is 13.8 Å². The van der Waals surface area contributed by atoms with E-state index in [0.717, 1.165) is 6.42 Å². The summed E-state index contributed by atoms with van der Waals surface area (Å²) in [6, 6.07) is -0.959. The molecule has 0 heterocycles. The first kappa shape index (κ1) is 11.6. The van der Waals surface area contributed by atoms with Gasteiger partial charge in [-0.15, -0.1) is 12.3 Å². The van der Waals surface area contributed by atoms with Gasteiger partial charge in [0.15, 0.2) is 0 Å². The van der Waals surface area contributed by atoms with Crippen LogP contribution in [0.5, 0.6) is 0 Å². The summed E-state index contributed by atoms with van der Waals surface area (Å²) in [5.74, 6) is 0.877. The number of nitrogens with one attached hydrogen (secondary N) is 1. The van der Waals surface area contributed by atoms with Crippen LogP contribution in [0.15, 0.2) is 0 Å². The third kappa shape index (κ3) is 2.72. The number of carboxylic acids is 1. The van der Waals surface area contributed by atoms with Crippen molar-refractivity contribution in [1.82, 2.24) is 5.32 Å². The number of rotatable bonds is 4. The van der Waals surface area contributed by atoms with Gasteiger partial charge < -0.3 is 10.4 Å². The van der Waals surface area contributed by atoms with E-state index in [0.29, 0.717) is 0 Å². The van der Waals surface area contributed by atoms with Crippen LogP contribution in [0.25, 0.3) is 0 Å². The minimum absolute atomic E-state index is 0.00325.